The molecule has 140 valence electrons. The van der Waals surface area contributed by atoms with Gasteiger partial charge in [-0.05, 0) is 75.6 Å². The maximum absolute atomic E-state index is 12.4. The Morgan fingerprint density at radius 3 is 2.12 bits per heavy atom. The molecular formula is C21H28N2O2S. The summed E-state index contributed by atoms with van der Waals surface area (Å²) in [5.74, 6) is -0.133. The Morgan fingerprint density at radius 2 is 1.58 bits per heavy atom. The van der Waals surface area contributed by atoms with Gasteiger partial charge in [0, 0.05) is 11.3 Å². The van der Waals surface area contributed by atoms with E-state index >= 15 is 0 Å². The van der Waals surface area contributed by atoms with E-state index in [1.165, 1.54) is 5.56 Å². The van der Waals surface area contributed by atoms with Gasteiger partial charge < -0.3 is 9.87 Å². The molecule has 2 aromatic carbocycles. The molecule has 0 heterocycles. The Labute approximate surface area is 159 Å². The van der Waals surface area contributed by atoms with Crippen LogP contribution >= 0.6 is 0 Å². The van der Waals surface area contributed by atoms with Crippen molar-refractivity contribution in [2.75, 3.05) is 10.0 Å². The van der Waals surface area contributed by atoms with Crippen molar-refractivity contribution in [1.82, 2.24) is 0 Å². The molecule has 1 amide bonds. The Bertz CT molecular complexity index is 706. The smallest absolute Gasteiger partial charge is 0.255 e. The van der Waals surface area contributed by atoms with Gasteiger partial charge >= 0.3 is 0 Å². The van der Waals surface area contributed by atoms with Crippen LogP contribution in [0, 0.1) is 0 Å². The lowest BCUT2D eigenvalue weighted by Crippen LogP contribution is -2.33. The first-order valence-corrected chi connectivity index (χ1v) is 10.1. The number of benzene rings is 2. The fourth-order valence-electron chi connectivity index (χ4n) is 2.29. The molecule has 0 bridgehead atoms. The topological polar surface area (TPSA) is 64.2 Å². The number of carbonyl (C=O) groups excluding carboxylic acids is 1. The Balaban J connectivity index is 1.94. The summed E-state index contributed by atoms with van der Waals surface area (Å²) in [7, 11) is 0. The maximum atomic E-state index is 12.4. The third-order valence-corrected chi connectivity index (χ3v) is 5.48. The first-order valence-electron chi connectivity index (χ1n) is 8.98. The van der Waals surface area contributed by atoms with E-state index in [-0.39, 0.29) is 10.7 Å². The number of hydrogen-bond donors (Lipinski definition) is 2. The van der Waals surface area contributed by atoms with Crippen molar-refractivity contribution in [3.05, 3.63) is 59.7 Å². The van der Waals surface area contributed by atoms with Gasteiger partial charge in [-0.3, -0.25) is 4.79 Å². The molecule has 2 N–H and O–H groups in total. The van der Waals surface area contributed by atoms with Crippen LogP contribution in [-0.2, 0) is 17.8 Å². The molecule has 1 atom stereocenters. The van der Waals surface area contributed by atoms with Crippen LogP contribution in [0.25, 0.3) is 0 Å². The van der Waals surface area contributed by atoms with E-state index in [0.717, 1.165) is 24.9 Å². The van der Waals surface area contributed by atoms with Crippen molar-refractivity contribution in [1.29, 1.82) is 0 Å². The van der Waals surface area contributed by atoms with E-state index in [4.69, 9.17) is 0 Å². The van der Waals surface area contributed by atoms with Crippen molar-refractivity contribution < 1.29 is 9.35 Å². The van der Waals surface area contributed by atoms with Gasteiger partial charge in [-0.2, -0.15) is 0 Å². The lowest BCUT2D eigenvalue weighted by molar-refractivity contribution is 0.102. The molecule has 0 saturated carbocycles. The van der Waals surface area contributed by atoms with Crippen molar-refractivity contribution >= 4 is 28.6 Å². The number of hydrogen-bond acceptors (Lipinski definition) is 3. The highest BCUT2D eigenvalue weighted by Crippen LogP contribution is 2.21. The highest BCUT2D eigenvalue weighted by molar-refractivity contribution is 7.94. The van der Waals surface area contributed by atoms with Crippen LogP contribution in [0.1, 0.15) is 56.5 Å². The van der Waals surface area contributed by atoms with E-state index in [0.29, 0.717) is 11.3 Å². The Kier molecular flexibility index (Phi) is 7.12. The molecule has 0 aliphatic rings. The minimum Gasteiger partial charge on any atom is -0.593 e. The van der Waals surface area contributed by atoms with Gasteiger partial charge in [0.1, 0.15) is 4.75 Å². The second-order valence-electron chi connectivity index (χ2n) is 7.32. The maximum Gasteiger partial charge on any atom is 0.255 e. The van der Waals surface area contributed by atoms with Crippen molar-refractivity contribution in [3.8, 4) is 0 Å². The van der Waals surface area contributed by atoms with Crippen LogP contribution < -0.4 is 10.0 Å². The van der Waals surface area contributed by atoms with Crippen molar-refractivity contribution in [2.45, 2.75) is 51.7 Å². The van der Waals surface area contributed by atoms with E-state index in [9.17, 15) is 9.35 Å². The average Bonchev–Trinajstić information content (AvgIpc) is 2.61. The molecule has 2 rings (SSSR count). The molecule has 0 aromatic heterocycles. The largest absolute Gasteiger partial charge is 0.593 e. The summed E-state index contributed by atoms with van der Waals surface area (Å²) in [6, 6.07) is 15.0. The fourth-order valence-corrected chi connectivity index (χ4v) is 2.95. The molecule has 2 aromatic rings. The van der Waals surface area contributed by atoms with Gasteiger partial charge in [0.25, 0.3) is 5.91 Å². The van der Waals surface area contributed by atoms with Gasteiger partial charge in [-0.15, -0.1) is 0 Å². The van der Waals surface area contributed by atoms with E-state index in [2.05, 4.69) is 17.0 Å². The van der Waals surface area contributed by atoms with Crippen LogP contribution in [0.2, 0.25) is 0 Å². The summed E-state index contributed by atoms with van der Waals surface area (Å²) >= 11 is -1.18. The monoisotopic (exact) mass is 372 g/mol. The summed E-state index contributed by atoms with van der Waals surface area (Å²) in [4.78, 5) is 12.4. The zero-order chi connectivity index (χ0) is 19.2. The molecule has 0 fully saturated rings. The van der Waals surface area contributed by atoms with Crippen LogP contribution in [0.3, 0.4) is 0 Å². The molecule has 0 saturated heterocycles. The van der Waals surface area contributed by atoms with Gasteiger partial charge in [-0.25, -0.2) is 4.72 Å². The standard InChI is InChI=1S/C21H28N2O2S/c1-5-6-7-16-8-10-17(11-9-16)20(24)22-18-12-14-19(15-13-18)23-26(25)21(2,3)4/h8-15,23H,5-7H2,1-4H3,(H,22,24). The van der Waals surface area contributed by atoms with E-state index in [1.54, 1.807) is 12.1 Å². The molecule has 0 aliphatic carbocycles. The SMILES string of the molecule is CCCCc1ccc(C(=O)Nc2ccc(N[S+]([O-])C(C)(C)C)cc2)cc1. The first-order chi connectivity index (χ1) is 12.3. The predicted octanol–water partition coefficient (Wildman–Crippen LogP) is 5.16. The van der Waals surface area contributed by atoms with Crippen molar-refractivity contribution in [3.63, 3.8) is 0 Å². The normalized spacial score (nSPS) is 12.5. The molecule has 0 spiro atoms. The second kappa shape index (κ2) is 9.10. The third kappa shape index (κ3) is 6.07. The molecular weight excluding hydrogens is 344 g/mol. The Morgan fingerprint density at radius 1 is 1.00 bits per heavy atom. The highest BCUT2D eigenvalue weighted by Gasteiger charge is 2.26. The number of carbonyl (C=O) groups is 1. The molecule has 5 heteroatoms. The average molecular weight is 373 g/mol. The van der Waals surface area contributed by atoms with E-state index < -0.39 is 11.4 Å². The van der Waals surface area contributed by atoms with Crippen LogP contribution in [0.5, 0.6) is 0 Å². The van der Waals surface area contributed by atoms with E-state index in [1.807, 2.05) is 57.2 Å². The predicted molar refractivity (Wildman–Crippen MR) is 111 cm³/mol. The van der Waals surface area contributed by atoms with Crippen LogP contribution in [0.4, 0.5) is 11.4 Å². The number of rotatable bonds is 7. The lowest BCUT2D eigenvalue weighted by atomic mass is 10.1. The summed E-state index contributed by atoms with van der Waals surface area (Å²) in [6.45, 7) is 7.91. The number of amides is 1. The highest BCUT2D eigenvalue weighted by atomic mass is 32.2. The van der Waals surface area contributed by atoms with Crippen molar-refractivity contribution in [2.24, 2.45) is 0 Å². The second-order valence-corrected chi connectivity index (χ2v) is 9.28. The molecule has 26 heavy (non-hydrogen) atoms. The minimum atomic E-state index is -1.18. The lowest BCUT2D eigenvalue weighted by Gasteiger charge is -2.24. The number of nitrogens with one attached hydrogen (secondary N) is 2. The summed E-state index contributed by atoms with van der Waals surface area (Å²) in [5, 5.41) is 2.89. The minimum absolute atomic E-state index is 0.133. The van der Waals surface area contributed by atoms with Gasteiger partial charge in [0.2, 0.25) is 0 Å². The Hall–Kier alpha value is -1.98. The number of aryl methyl sites for hydroxylation is 1. The van der Waals surface area contributed by atoms with Gasteiger partial charge in [0.15, 0.2) is 0 Å². The quantitative estimate of drug-likeness (QED) is 0.660. The summed E-state index contributed by atoms with van der Waals surface area (Å²) in [6.07, 6.45) is 3.37. The zero-order valence-electron chi connectivity index (χ0n) is 16.0. The number of anilines is 2. The fraction of sp³-hybridized carbons (Fsp3) is 0.381. The van der Waals surface area contributed by atoms with Crippen LogP contribution in [-0.4, -0.2) is 15.2 Å². The van der Waals surface area contributed by atoms with Crippen LogP contribution in [0.15, 0.2) is 48.5 Å². The van der Waals surface area contributed by atoms with Gasteiger partial charge in [-0.1, -0.05) is 25.5 Å². The van der Waals surface area contributed by atoms with Gasteiger partial charge in [0.05, 0.1) is 17.0 Å². The summed E-state index contributed by atoms with van der Waals surface area (Å²) in [5.41, 5.74) is 3.36. The molecule has 4 nitrogen and oxygen atoms in total. The molecule has 0 radical (unpaired) electrons. The number of unbranched alkanes of at least 4 members (excludes halogenated alkanes) is 1. The molecule has 1 unspecified atom stereocenters. The first kappa shape index (κ1) is 20.3. The summed E-state index contributed by atoms with van der Waals surface area (Å²) < 4.78 is 14.7. The third-order valence-electron chi connectivity index (χ3n) is 3.94. The zero-order valence-corrected chi connectivity index (χ0v) is 16.8. The molecule has 0 aliphatic heterocycles.